The Bertz CT molecular complexity index is 1390. The van der Waals surface area contributed by atoms with Crippen molar-refractivity contribution in [3.8, 4) is 0 Å². The van der Waals surface area contributed by atoms with Crippen LogP contribution >= 0.6 is 0 Å². The van der Waals surface area contributed by atoms with Gasteiger partial charge in [0.1, 0.15) is 5.82 Å². The first-order valence-corrected chi connectivity index (χ1v) is 12.1. The number of benzene rings is 2. The zero-order valence-corrected chi connectivity index (χ0v) is 18.5. The summed E-state index contributed by atoms with van der Waals surface area (Å²) in [6.07, 6.45) is 0.858. The third-order valence-electron chi connectivity index (χ3n) is 6.31. The first kappa shape index (κ1) is 21.5. The van der Waals surface area contributed by atoms with E-state index in [1.807, 2.05) is 6.07 Å². The standard InChI is InChI=1S/C24H22FN3O4S/c25-21-5-2-1-4-20(21)24(30)26-18-8-10-19(11-9-18)33(31,32)27-13-16-12-17(15-27)22-6-3-7-23(29)28(22)14-16/h1-11,16-17H,12-15H2,(H,26,30). The molecule has 0 aliphatic carbocycles. The normalized spacial score (nSPS) is 20.2. The summed E-state index contributed by atoms with van der Waals surface area (Å²) in [6, 6.07) is 16.7. The van der Waals surface area contributed by atoms with Crippen LogP contribution in [0.15, 0.2) is 76.4 Å². The number of nitrogens with one attached hydrogen (secondary N) is 1. The van der Waals surface area contributed by atoms with Crippen molar-refractivity contribution in [2.45, 2.75) is 23.8 Å². The van der Waals surface area contributed by atoms with Crippen LogP contribution in [-0.2, 0) is 16.6 Å². The predicted molar refractivity (Wildman–Crippen MR) is 121 cm³/mol. The molecule has 0 spiro atoms. The summed E-state index contributed by atoms with van der Waals surface area (Å²) < 4.78 is 43.7. The topological polar surface area (TPSA) is 88.5 Å². The second kappa shape index (κ2) is 8.24. The minimum absolute atomic E-state index is 0.0273. The Balaban J connectivity index is 1.34. The maximum atomic E-state index is 13.8. The summed E-state index contributed by atoms with van der Waals surface area (Å²) in [6.45, 7) is 1.18. The molecule has 3 aromatic rings. The van der Waals surface area contributed by atoms with Gasteiger partial charge in [-0.1, -0.05) is 18.2 Å². The number of pyridine rings is 1. The highest BCUT2D eigenvalue weighted by atomic mass is 32.2. The van der Waals surface area contributed by atoms with Gasteiger partial charge in [-0.3, -0.25) is 9.59 Å². The SMILES string of the molecule is O=C(Nc1ccc(S(=O)(=O)N2CC3CC(C2)c2cccc(=O)n2C3)cc1)c1ccccc1F. The van der Waals surface area contributed by atoms with Crippen LogP contribution < -0.4 is 10.9 Å². The maximum absolute atomic E-state index is 13.8. The molecule has 2 aliphatic rings. The molecule has 2 bridgehead atoms. The van der Waals surface area contributed by atoms with E-state index in [2.05, 4.69) is 5.32 Å². The number of carbonyl (C=O) groups is 1. The number of nitrogens with zero attached hydrogens (tertiary/aromatic N) is 2. The van der Waals surface area contributed by atoms with E-state index in [0.717, 1.165) is 12.1 Å². The second-order valence-corrected chi connectivity index (χ2v) is 10.4. The Hall–Kier alpha value is -3.30. The van der Waals surface area contributed by atoms with Gasteiger partial charge in [-0.2, -0.15) is 4.31 Å². The summed E-state index contributed by atoms with van der Waals surface area (Å²) >= 11 is 0. The van der Waals surface area contributed by atoms with Crippen LogP contribution in [0.4, 0.5) is 10.1 Å². The quantitative estimate of drug-likeness (QED) is 0.639. The van der Waals surface area contributed by atoms with Crippen molar-refractivity contribution in [3.05, 3.63) is 94.2 Å². The van der Waals surface area contributed by atoms with Gasteiger partial charge in [0.2, 0.25) is 10.0 Å². The highest BCUT2D eigenvalue weighted by Crippen LogP contribution is 2.37. The molecule has 0 saturated carbocycles. The molecular weight excluding hydrogens is 445 g/mol. The highest BCUT2D eigenvalue weighted by Gasteiger charge is 2.39. The lowest BCUT2D eigenvalue weighted by Gasteiger charge is -2.42. The lowest BCUT2D eigenvalue weighted by molar-refractivity contribution is 0.102. The summed E-state index contributed by atoms with van der Waals surface area (Å²) in [4.78, 5) is 24.6. The monoisotopic (exact) mass is 467 g/mol. The molecule has 1 N–H and O–H groups in total. The highest BCUT2D eigenvalue weighted by molar-refractivity contribution is 7.89. The van der Waals surface area contributed by atoms with Crippen molar-refractivity contribution in [1.82, 2.24) is 8.87 Å². The molecule has 5 rings (SSSR count). The minimum atomic E-state index is -3.75. The van der Waals surface area contributed by atoms with Crippen molar-refractivity contribution in [1.29, 1.82) is 0 Å². The molecule has 2 unspecified atom stereocenters. The van der Waals surface area contributed by atoms with E-state index in [1.54, 1.807) is 16.7 Å². The second-order valence-electron chi connectivity index (χ2n) is 8.48. The molecule has 170 valence electrons. The van der Waals surface area contributed by atoms with E-state index in [9.17, 15) is 22.4 Å². The number of fused-ring (bicyclic) bond motifs is 4. The smallest absolute Gasteiger partial charge is 0.258 e. The summed E-state index contributed by atoms with van der Waals surface area (Å²) in [5.74, 6) is -1.19. The van der Waals surface area contributed by atoms with E-state index < -0.39 is 21.7 Å². The number of rotatable bonds is 4. The Morgan fingerprint density at radius 3 is 2.45 bits per heavy atom. The molecular formula is C24H22FN3O4S. The van der Waals surface area contributed by atoms with Gasteiger partial charge >= 0.3 is 0 Å². The Kier molecular flexibility index (Phi) is 5.38. The van der Waals surface area contributed by atoms with Crippen LogP contribution in [0.3, 0.4) is 0 Å². The van der Waals surface area contributed by atoms with Crippen molar-refractivity contribution in [2.75, 3.05) is 18.4 Å². The summed E-state index contributed by atoms with van der Waals surface area (Å²) in [7, 11) is -3.75. The van der Waals surface area contributed by atoms with E-state index >= 15 is 0 Å². The van der Waals surface area contributed by atoms with E-state index in [0.29, 0.717) is 25.3 Å². The van der Waals surface area contributed by atoms with Gasteiger partial charge in [0.25, 0.3) is 11.5 Å². The zero-order chi connectivity index (χ0) is 23.2. The zero-order valence-electron chi connectivity index (χ0n) is 17.6. The van der Waals surface area contributed by atoms with Gasteiger partial charge in [0, 0.05) is 43.0 Å². The molecule has 2 atom stereocenters. The van der Waals surface area contributed by atoms with Crippen molar-refractivity contribution in [2.24, 2.45) is 5.92 Å². The third kappa shape index (κ3) is 3.98. The summed E-state index contributed by atoms with van der Waals surface area (Å²) in [5, 5.41) is 2.59. The Morgan fingerprint density at radius 2 is 1.70 bits per heavy atom. The number of halogens is 1. The number of piperidine rings is 1. The van der Waals surface area contributed by atoms with Crippen molar-refractivity contribution in [3.63, 3.8) is 0 Å². The van der Waals surface area contributed by atoms with Crippen molar-refractivity contribution >= 4 is 21.6 Å². The molecule has 2 aromatic carbocycles. The predicted octanol–water partition coefficient (Wildman–Crippen LogP) is 3.05. The average molecular weight is 468 g/mol. The van der Waals surface area contributed by atoms with Gasteiger partial charge in [-0.15, -0.1) is 0 Å². The number of anilines is 1. The first-order valence-electron chi connectivity index (χ1n) is 10.7. The Morgan fingerprint density at radius 1 is 0.939 bits per heavy atom. The van der Waals surface area contributed by atoms with Gasteiger partial charge in [0.05, 0.1) is 10.5 Å². The van der Waals surface area contributed by atoms with Crippen LogP contribution in [0.2, 0.25) is 0 Å². The van der Waals surface area contributed by atoms with E-state index in [4.69, 9.17) is 0 Å². The lowest BCUT2D eigenvalue weighted by atomic mass is 9.84. The van der Waals surface area contributed by atoms with Crippen LogP contribution in [0.25, 0.3) is 0 Å². The average Bonchev–Trinajstić information content (AvgIpc) is 2.80. The molecule has 33 heavy (non-hydrogen) atoms. The number of carbonyl (C=O) groups excluding carboxylic acids is 1. The lowest BCUT2D eigenvalue weighted by Crippen LogP contribution is -2.48. The van der Waals surface area contributed by atoms with Crippen LogP contribution in [0.1, 0.15) is 28.4 Å². The van der Waals surface area contributed by atoms with E-state index in [1.165, 1.54) is 52.8 Å². The van der Waals surface area contributed by atoms with Crippen LogP contribution in [0.5, 0.6) is 0 Å². The number of hydrogen-bond donors (Lipinski definition) is 1. The van der Waals surface area contributed by atoms with Gasteiger partial charge in [0.15, 0.2) is 0 Å². The number of aromatic nitrogens is 1. The fraction of sp³-hybridized carbons (Fsp3) is 0.250. The number of hydrogen-bond acceptors (Lipinski definition) is 4. The molecule has 3 heterocycles. The maximum Gasteiger partial charge on any atom is 0.258 e. The van der Waals surface area contributed by atoms with Crippen LogP contribution in [-0.4, -0.2) is 36.3 Å². The van der Waals surface area contributed by atoms with Crippen molar-refractivity contribution < 1.29 is 17.6 Å². The fourth-order valence-electron chi connectivity index (χ4n) is 4.75. The van der Waals surface area contributed by atoms with Gasteiger partial charge in [-0.25, -0.2) is 12.8 Å². The molecule has 9 heteroatoms. The van der Waals surface area contributed by atoms with Gasteiger partial charge < -0.3 is 9.88 Å². The molecule has 2 aliphatic heterocycles. The van der Waals surface area contributed by atoms with E-state index in [-0.39, 0.29) is 27.9 Å². The third-order valence-corrected chi connectivity index (χ3v) is 8.16. The number of amides is 1. The molecule has 1 amide bonds. The fourth-order valence-corrected chi connectivity index (χ4v) is 6.31. The minimum Gasteiger partial charge on any atom is -0.322 e. The molecule has 1 fully saturated rings. The molecule has 1 saturated heterocycles. The number of sulfonamides is 1. The van der Waals surface area contributed by atoms with Gasteiger partial charge in [-0.05, 0) is 54.8 Å². The largest absolute Gasteiger partial charge is 0.322 e. The molecule has 0 radical (unpaired) electrons. The van der Waals surface area contributed by atoms with Crippen LogP contribution in [0, 0.1) is 11.7 Å². The summed E-state index contributed by atoms with van der Waals surface area (Å²) in [5.41, 5.74) is 1.11. The molecule has 1 aromatic heterocycles. The first-order chi connectivity index (χ1) is 15.8. The Labute approximate surface area is 190 Å². The molecule has 7 nitrogen and oxygen atoms in total.